The summed E-state index contributed by atoms with van der Waals surface area (Å²) in [5.74, 6) is 0. The maximum atomic E-state index is 12.0. The normalized spacial score (nSPS) is 10.5. The zero-order chi connectivity index (χ0) is 20.8. The SMILES string of the molecule is O=C(Nc1cccc2ccccc12)OCCOC(=O)Nc1cccc2ccccc12. The van der Waals surface area contributed by atoms with Crippen molar-refractivity contribution in [3.05, 3.63) is 84.9 Å². The van der Waals surface area contributed by atoms with Crippen LogP contribution >= 0.6 is 0 Å². The quantitative estimate of drug-likeness (QED) is 0.416. The van der Waals surface area contributed by atoms with Crippen LogP contribution in [-0.4, -0.2) is 25.4 Å². The molecule has 4 aromatic rings. The van der Waals surface area contributed by atoms with E-state index >= 15 is 0 Å². The molecule has 150 valence electrons. The first-order valence-corrected chi connectivity index (χ1v) is 9.54. The van der Waals surface area contributed by atoms with Crippen LogP contribution in [-0.2, 0) is 9.47 Å². The smallest absolute Gasteiger partial charge is 0.411 e. The molecule has 0 fully saturated rings. The van der Waals surface area contributed by atoms with Gasteiger partial charge in [-0.2, -0.15) is 0 Å². The highest BCUT2D eigenvalue weighted by molar-refractivity contribution is 6.01. The van der Waals surface area contributed by atoms with E-state index in [-0.39, 0.29) is 13.2 Å². The number of hydrogen-bond donors (Lipinski definition) is 2. The highest BCUT2D eigenvalue weighted by atomic mass is 16.6. The molecular formula is C24H20N2O4. The van der Waals surface area contributed by atoms with Crippen molar-refractivity contribution in [2.75, 3.05) is 23.8 Å². The Hall–Kier alpha value is -4.06. The summed E-state index contributed by atoms with van der Waals surface area (Å²) in [7, 11) is 0. The molecule has 30 heavy (non-hydrogen) atoms. The Bertz CT molecular complexity index is 1100. The molecule has 4 rings (SSSR count). The first-order chi connectivity index (χ1) is 14.7. The van der Waals surface area contributed by atoms with Crippen LogP contribution in [0.25, 0.3) is 21.5 Å². The lowest BCUT2D eigenvalue weighted by Crippen LogP contribution is -2.20. The molecule has 0 heterocycles. The Morgan fingerprint density at radius 2 is 0.967 bits per heavy atom. The molecule has 0 spiro atoms. The lowest BCUT2D eigenvalue weighted by Gasteiger charge is -2.11. The fourth-order valence-corrected chi connectivity index (χ4v) is 3.23. The second-order valence-electron chi connectivity index (χ2n) is 6.58. The summed E-state index contributed by atoms with van der Waals surface area (Å²) in [6, 6.07) is 26.7. The van der Waals surface area contributed by atoms with Crippen LogP contribution in [0.1, 0.15) is 0 Å². The van der Waals surface area contributed by atoms with Crippen LogP contribution in [0.3, 0.4) is 0 Å². The second-order valence-corrected chi connectivity index (χ2v) is 6.58. The second kappa shape index (κ2) is 8.96. The molecule has 0 atom stereocenters. The van der Waals surface area contributed by atoms with E-state index in [2.05, 4.69) is 10.6 Å². The van der Waals surface area contributed by atoms with Gasteiger partial charge in [-0.3, -0.25) is 10.6 Å². The molecule has 0 radical (unpaired) electrons. The lowest BCUT2D eigenvalue weighted by molar-refractivity contribution is 0.110. The molecule has 0 aromatic heterocycles. The molecule has 0 aliphatic carbocycles. The molecule has 6 nitrogen and oxygen atoms in total. The summed E-state index contributed by atoms with van der Waals surface area (Å²) in [6.45, 7) is -0.112. The van der Waals surface area contributed by atoms with Gasteiger partial charge in [0.05, 0.1) is 11.4 Å². The van der Waals surface area contributed by atoms with Gasteiger partial charge in [0.25, 0.3) is 0 Å². The van der Waals surface area contributed by atoms with E-state index in [1.165, 1.54) is 0 Å². The predicted molar refractivity (Wildman–Crippen MR) is 118 cm³/mol. The maximum Gasteiger partial charge on any atom is 0.411 e. The van der Waals surface area contributed by atoms with Crippen LogP contribution in [0.2, 0.25) is 0 Å². The number of benzene rings is 4. The summed E-state index contributed by atoms with van der Waals surface area (Å²) < 4.78 is 10.2. The standard InChI is InChI=1S/C24H20N2O4/c27-23(25-21-13-5-9-17-7-1-3-11-19(17)21)29-15-16-30-24(28)26-22-14-6-10-18-8-2-4-12-20(18)22/h1-14H,15-16H2,(H,25,27)(H,26,28). The highest BCUT2D eigenvalue weighted by Gasteiger charge is 2.09. The van der Waals surface area contributed by atoms with Crippen LogP contribution in [0.15, 0.2) is 84.9 Å². The number of carbonyl (C=O) groups excluding carboxylic acids is 2. The number of ether oxygens (including phenoxy) is 2. The molecule has 0 bridgehead atoms. The van der Waals surface area contributed by atoms with Gasteiger partial charge in [-0.25, -0.2) is 9.59 Å². The largest absolute Gasteiger partial charge is 0.446 e. The van der Waals surface area contributed by atoms with Gasteiger partial charge in [0, 0.05) is 10.8 Å². The van der Waals surface area contributed by atoms with Gasteiger partial charge in [-0.15, -0.1) is 0 Å². The number of nitrogens with one attached hydrogen (secondary N) is 2. The Kier molecular flexibility index (Phi) is 5.75. The molecule has 0 aliphatic heterocycles. The first-order valence-electron chi connectivity index (χ1n) is 9.54. The number of amides is 2. The molecule has 0 saturated heterocycles. The van der Waals surface area contributed by atoms with E-state index in [0.29, 0.717) is 11.4 Å². The predicted octanol–water partition coefficient (Wildman–Crippen LogP) is 5.79. The molecule has 6 heteroatoms. The van der Waals surface area contributed by atoms with Crippen LogP contribution in [0.4, 0.5) is 21.0 Å². The van der Waals surface area contributed by atoms with Gasteiger partial charge in [0.15, 0.2) is 0 Å². The van der Waals surface area contributed by atoms with Crippen molar-refractivity contribution in [3.63, 3.8) is 0 Å². The molecule has 0 aliphatic rings. The third-order valence-corrected chi connectivity index (χ3v) is 4.60. The summed E-state index contributed by atoms with van der Waals surface area (Å²) in [6.07, 6.45) is -1.21. The Morgan fingerprint density at radius 1 is 0.567 bits per heavy atom. The Balaban J connectivity index is 1.25. The molecule has 2 N–H and O–H groups in total. The average Bonchev–Trinajstić information content (AvgIpc) is 2.77. The van der Waals surface area contributed by atoms with E-state index in [0.717, 1.165) is 21.5 Å². The van der Waals surface area contributed by atoms with Gasteiger partial charge < -0.3 is 9.47 Å². The molecule has 0 saturated carbocycles. The minimum atomic E-state index is -0.607. The summed E-state index contributed by atoms with van der Waals surface area (Å²) in [5.41, 5.74) is 1.32. The highest BCUT2D eigenvalue weighted by Crippen LogP contribution is 2.24. The number of anilines is 2. The topological polar surface area (TPSA) is 76.7 Å². The van der Waals surface area contributed by atoms with Crippen molar-refractivity contribution in [2.24, 2.45) is 0 Å². The Morgan fingerprint density at radius 3 is 1.43 bits per heavy atom. The third-order valence-electron chi connectivity index (χ3n) is 4.60. The Labute approximate surface area is 173 Å². The lowest BCUT2D eigenvalue weighted by atomic mass is 10.1. The van der Waals surface area contributed by atoms with Crippen molar-refractivity contribution >= 4 is 45.1 Å². The van der Waals surface area contributed by atoms with Crippen molar-refractivity contribution in [1.82, 2.24) is 0 Å². The van der Waals surface area contributed by atoms with Gasteiger partial charge in [0.2, 0.25) is 0 Å². The fourth-order valence-electron chi connectivity index (χ4n) is 3.23. The zero-order valence-electron chi connectivity index (χ0n) is 16.1. The van der Waals surface area contributed by atoms with Crippen molar-refractivity contribution < 1.29 is 19.1 Å². The molecular weight excluding hydrogens is 380 g/mol. The van der Waals surface area contributed by atoms with Gasteiger partial charge >= 0.3 is 12.2 Å². The summed E-state index contributed by atoms with van der Waals surface area (Å²) in [4.78, 5) is 24.1. The molecule has 2 amide bonds. The molecule has 4 aromatic carbocycles. The monoisotopic (exact) mass is 400 g/mol. The first kappa shape index (κ1) is 19.3. The van der Waals surface area contributed by atoms with E-state index in [1.807, 2.05) is 72.8 Å². The number of carbonyl (C=O) groups is 2. The average molecular weight is 400 g/mol. The van der Waals surface area contributed by atoms with Crippen molar-refractivity contribution in [2.45, 2.75) is 0 Å². The number of hydrogen-bond acceptors (Lipinski definition) is 4. The van der Waals surface area contributed by atoms with E-state index < -0.39 is 12.2 Å². The van der Waals surface area contributed by atoms with Gasteiger partial charge in [-0.05, 0) is 22.9 Å². The maximum absolute atomic E-state index is 12.0. The van der Waals surface area contributed by atoms with Crippen molar-refractivity contribution in [3.8, 4) is 0 Å². The van der Waals surface area contributed by atoms with Crippen LogP contribution in [0, 0.1) is 0 Å². The number of rotatable bonds is 5. The molecule has 0 unspecified atom stereocenters. The minimum Gasteiger partial charge on any atom is -0.446 e. The fraction of sp³-hybridized carbons (Fsp3) is 0.0833. The van der Waals surface area contributed by atoms with E-state index in [4.69, 9.17) is 9.47 Å². The number of fused-ring (bicyclic) bond motifs is 2. The van der Waals surface area contributed by atoms with Gasteiger partial charge in [-0.1, -0.05) is 72.8 Å². The summed E-state index contributed by atoms with van der Waals surface area (Å²) in [5, 5.41) is 9.30. The zero-order valence-corrected chi connectivity index (χ0v) is 16.1. The summed E-state index contributed by atoms with van der Waals surface area (Å²) >= 11 is 0. The minimum absolute atomic E-state index is 0.0560. The van der Waals surface area contributed by atoms with Crippen molar-refractivity contribution in [1.29, 1.82) is 0 Å². The van der Waals surface area contributed by atoms with E-state index in [9.17, 15) is 9.59 Å². The van der Waals surface area contributed by atoms with Crippen LogP contribution < -0.4 is 10.6 Å². The van der Waals surface area contributed by atoms with E-state index in [1.54, 1.807) is 12.1 Å². The van der Waals surface area contributed by atoms with Gasteiger partial charge in [0.1, 0.15) is 13.2 Å². The van der Waals surface area contributed by atoms with Crippen LogP contribution in [0.5, 0.6) is 0 Å². The third kappa shape index (κ3) is 4.50.